The summed E-state index contributed by atoms with van der Waals surface area (Å²) in [5.41, 5.74) is -0.929. The Bertz CT molecular complexity index is 662. The van der Waals surface area contributed by atoms with E-state index in [0.29, 0.717) is 6.42 Å². The van der Waals surface area contributed by atoms with E-state index in [0.717, 1.165) is 64.3 Å². The molecule has 0 aliphatic heterocycles. The average molecular weight is 529 g/mol. The summed E-state index contributed by atoms with van der Waals surface area (Å²) in [5.74, 6) is -9.71. The normalized spacial score (nSPS) is 12.4. The zero-order valence-electron chi connectivity index (χ0n) is 21.0. The summed E-state index contributed by atoms with van der Waals surface area (Å²) in [6, 6.07) is 0. The van der Waals surface area contributed by atoms with Crippen molar-refractivity contribution in [1.82, 2.24) is 0 Å². The SMILES string of the molecule is C[P@](O)CCCCCCCCCCOCCCCCCCCOCc1c(F)c(F)c(F)c(F)c1F. The Balaban J connectivity index is 1.85. The van der Waals surface area contributed by atoms with E-state index in [9.17, 15) is 26.8 Å². The van der Waals surface area contributed by atoms with Crippen LogP contribution in [0.2, 0.25) is 0 Å². The van der Waals surface area contributed by atoms with Crippen LogP contribution < -0.4 is 0 Å². The number of unbranched alkanes of at least 4 members (excludes halogenated alkanes) is 12. The average Bonchev–Trinajstić information content (AvgIpc) is 2.84. The molecule has 35 heavy (non-hydrogen) atoms. The zero-order chi connectivity index (χ0) is 25.9. The number of benzene rings is 1. The number of halogens is 5. The summed E-state index contributed by atoms with van der Waals surface area (Å²) < 4.78 is 77.2. The van der Waals surface area contributed by atoms with Crippen LogP contribution in [0.15, 0.2) is 0 Å². The first-order valence-electron chi connectivity index (χ1n) is 12.9. The lowest BCUT2D eigenvalue weighted by atomic mass is 10.1. The van der Waals surface area contributed by atoms with Gasteiger partial charge in [-0.1, -0.05) is 64.2 Å². The molecule has 0 radical (unpaired) electrons. The first-order valence-corrected chi connectivity index (χ1v) is 14.8. The number of rotatable bonds is 22. The van der Waals surface area contributed by atoms with Gasteiger partial charge in [0.1, 0.15) is 0 Å². The van der Waals surface area contributed by atoms with E-state index in [4.69, 9.17) is 9.47 Å². The van der Waals surface area contributed by atoms with Crippen molar-refractivity contribution in [2.75, 3.05) is 32.6 Å². The van der Waals surface area contributed by atoms with Gasteiger partial charge in [-0.2, -0.15) is 0 Å². The predicted molar refractivity (Wildman–Crippen MR) is 131 cm³/mol. The molecule has 1 aromatic rings. The van der Waals surface area contributed by atoms with Crippen molar-refractivity contribution in [3.8, 4) is 0 Å². The molecule has 0 unspecified atom stereocenters. The smallest absolute Gasteiger partial charge is 0.200 e. The lowest BCUT2D eigenvalue weighted by molar-refractivity contribution is 0.109. The Morgan fingerprint density at radius 2 is 0.857 bits per heavy atom. The molecule has 1 atom stereocenters. The molecule has 0 spiro atoms. The largest absolute Gasteiger partial charge is 0.381 e. The quantitative estimate of drug-likeness (QED) is 0.0540. The minimum atomic E-state index is -2.16. The Morgan fingerprint density at radius 1 is 0.514 bits per heavy atom. The van der Waals surface area contributed by atoms with Crippen LogP contribution in [0, 0.1) is 29.1 Å². The van der Waals surface area contributed by atoms with Crippen LogP contribution in [0.25, 0.3) is 0 Å². The molecule has 3 nitrogen and oxygen atoms in total. The Hall–Kier alpha value is -0.820. The molecular formula is C26H42F5O3P. The predicted octanol–water partition coefficient (Wildman–Crippen LogP) is 8.40. The minimum Gasteiger partial charge on any atom is -0.381 e. The topological polar surface area (TPSA) is 38.7 Å². The molecule has 0 bridgehead atoms. The highest BCUT2D eigenvalue weighted by Crippen LogP contribution is 2.25. The lowest BCUT2D eigenvalue weighted by Gasteiger charge is -2.09. The van der Waals surface area contributed by atoms with Crippen molar-refractivity contribution in [2.24, 2.45) is 0 Å². The van der Waals surface area contributed by atoms with Crippen molar-refractivity contribution in [2.45, 2.75) is 96.5 Å². The van der Waals surface area contributed by atoms with Gasteiger partial charge in [-0.15, -0.1) is 0 Å². The maximum atomic E-state index is 13.5. The van der Waals surface area contributed by atoms with Crippen molar-refractivity contribution in [3.05, 3.63) is 34.6 Å². The molecule has 1 N–H and O–H groups in total. The van der Waals surface area contributed by atoms with E-state index in [1.54, 1.807) is 0 Å². The van der Waals surface area contributed by atoms with E-state index in [1.807, 2.05) is 6.66 Å². The van der Waals surface area contributed by atoms with Gasteiger partial charge in [-0.05, 0) is 38.5 Å². The highest BCUT2D eigenvalue weighted by molar-refractivity contribution is 7.50. The molecule has 0 aliphatic rings. The third kappa shape index (κ3) is 14.5. The van der Waals surface area contributed by atoms with Gasteiger partial charge in [0.05, 0.1) is 12.2 Å². The molecule has 1 rings (SSSR count). The molecule has 0 aromatic heterocycles. The molecule has 0 heterocycles. The number of ether oxygens (including phenoxy) is 2. The highest BCUT2D eigenvalue weighted by atomic mass is 31.1. The van der Waals surface area contributed by atoms with Gasteiger partial charge >= 0.3 is 0 Å². The molecule has 9 heteroatoms. The zero-order valence-corrected chi connectivity index (χ0v) is 21.9. The summed E-state index contributed by atoms with van der Waals surface area (Å²) >= 11 is 0. The van der Waals surface area contributed by atoms with Crippen LogP contribution >= 0.6 is 8.15 Å². The lowest BCUT2D eigenvalue weighted by Crippen LogP contribution is -2.09. The molecule has 0 aliphatic carbocycles. The summed E-state index contributed by atoms with van der Waals surface area (Å²) in [6.45, 7) is 3.05. The first-order chi connectivity index (χ1) is 16.9. The maximum Gasteiger partial charge on any atom is 0.200 e. The molecule has 0 saturated heterocycles. The van der Waals surface area contributed by atoms with Gasteiger partial charge in [0.15, 0.2) is 23.3 Å². The summed E-state index contributed by atoms with van der Waals surface area (Å²) in [4.78, 5) is 9.27. The second-order valence-corrected chi connectivity index (χ2v) is 10.8. The van der Waals surface area contributed by atoms with E-state index in [2.05, 4.69) is 0 Å². The minimum absolute atomic E-state index is 0.201. The molecule has 0 fully saturated rings. The molecule has 1 aromatic carbocycles. The highest BCUT2D eigenvalue weighted by Gasteiger charge is 2.25. The Labute approximate surface area is 208 Å². The van der Waals surface area contributed by atoms with Crippen molar-refractivity contribution in [3.63, 3.8) is 0 Å². The van der Waals surface area contributed by atoms with Gasteiger partial charge < -0.3 is 14.4 Å². The van der Waals surface area contributed by atoms with Gasteiger partial charge in [0.25, 0.3) is 0 Å². The fourth-order valence-electron chi connectivity index (χ4n) is 3.77. The summed E-state index contributed by atoms with van der Waals surface area (Å²) in [7, 11) is -0.721. The monoisotopic (exact) mass is 528 g/mol. The van der Waals surface area contributed by atoms with Crippen LogP contribution in [-0.2, 0) is 16.1 Å². The van der Waals surface area contributed by atoms with Crippen LogP contribution in [0.4, 0.5) is 22.0 Å². The van der Waals surface area contributed by atoms with Gasteiger partial charge in [-0.25, -0.2) is 22.0 Å². The van der Waals surface area contributed by atoms with Crippen LogP contribution in [-0.4, -0.2) is 37.5 Å². The fraction of sp³-hybridized carbons (Fsp3) is 0.769. The fourth-order valence-corrected chi connectivity index (χ4v) is 4.46. The van der Waals surface area contributed by atoms with Gasteiger partial charge in [0.2, 0.25) is 5.82 Å². The van der Waals surface area contributed by atoms with Crippen LogP contribution in [0.5, 0.6) is 0 Å². The van der Waals surface area contributed by atoms with E-state index in [1.165, 1.54) is 38.5 Å². The maximum absolute atomic E-state index is 13.5. The standard InChI is InChI=1S/C26H42F5O3P/c1-35(32)19-15-11-7-3-2-4-8-12-16-33-17-13-9-5-6-10-14-18-34-20-21-22(27)24(29)26(31)25(30)23(21)28/h32H,2-20H2,1H3/t35-/m0/s1. The molecular weight excluding hydrogens is 486 g/mol. The summed E-state index contributed by atoms with van der Waals surface area (Å²) in [6.07, 6.45) is 16.4. The second kappa shape index (κ2) is 20.3. The van der Waals surface area contributed by atoms with Gasteiger partial charge in [-0.3, -0.25) is 0 Å². The molecule has 0 amide bonds. The van der Waals surface area contributed by atoms with Crippen molar-refractivity contribution < 1.29 is 36.3 Å². The molecule has 0 saturated carbocycles. The van der Waals surface area contributed by atoms with Crippen molar-refractivity contribution >= 4 is 8.15 Å². The number of hydrogen-bond donors (Lipinski definition) is 1. The second-order valence-electron chi connectivity index (χ2n) is 9.04. The first kappa shape index (κ1) is 32.2. The van der Waals surface area contributed by atoms with Gasteiger partial charge in [0, 0.05) is 28.0 Å². The number of hydrogen-bond acceptors (Lipinski definition) is 3. The van der Waals surface area contributed by atoms with Crippen LogP contribution in [0.3, 0.4) is 0 Å². The van der Waals surface area contributed by atoms with E-state index in [-0.39, 0.29) is 6.61 Å². The Morgan fingerprint density at radius 3 is 1.29 bits per heavy atom. The summed E-state index contributed by atoms with van der Waals surface area (Å²) in [5, 5.41) is 0. The Kier molecular flexibility index (Phi) is 18.6. The van der Waals surface area contributed by atoms with Crippen molar-refractivity contribution in [1.29, 1.82) is 0 Å². The third-order valence-corrected chi connectivity index (χ3v) is 6.86. The van der Waals surface area contributed by atoms with E-state index < -0.39 is 49.4 Å². The molecule has 204 valence electrons. The third-order valence-electron chi connectivity index (χ3n) is 5.89. The van der Waals surface area contributed by atoms with Crippen LogP contribution in [0.1, 0.15) is 95.5 Å². The van der Waals surface area contributed by atoms with E-state index >= 15 is 0 Å².